The highest BCUT2D eigenvalue weighted by molar-refractivity contribution is 5.96. The quantitative estimate of drug-likeness (QED) is 0.761. The van der Waals surface area contributed by atoms with Gasteiger partial charge in [0, 0.05) is 5.56 Å². The normalized spacial score (nSPS) is 11.6. The minimum atomic E-state index is -1.06. The predicted octanol–water partition coefficient (Wildman–Crippen LogP) is 1.75. The second kappa shape index (κ2) is 5.84. The van der Waals surface area contributed by atoms with Gasteiger partial charge in [-0.3, -0.25) is 4.79 Å². The van der Waals surface area contributed by atoms with E-state index in [1.54, 1.807) is 24.3 Å². The third-order valence-electron chi connectivity index (χ3n) is 2.32. The van der Waals surface area contributed by atoms with E-state index in [1.807, 2.05) is 6.92 Å². The van der Waals surface area contributed by atoms with E-state index in [0.29, 0.717) is 5.56 Å². The van der Waals surface area contributed by atoms with Gasteiger partial charge < -0.3 is 10.4 Å². The fraction of sp³-hybridized carbons (Fsp3) is 0.231. The summed E-state index contributed by atoms with van der Waals surface area (Å²) in [5.41, 5.74) is 1.49. The first kappa shape index (κ1) is 13.0. The highest BCUT2D eigenvalue weighted by atomic mass is 16.4. The zero-order valence-corrected chi connectivity index (χ0v) is 9.64. The van der Waals surface area contributed by atoms with Crippen LogP contribution < -0.4 is 5.32 Å². The Labute approximate surface area is 100.0 Å². The standard InChI is InChI=1S/C13H15NO3/c1-3-4-11(13(16)17)14-12(15)10-7-5-9(2)6-8-10/h3,5-8,11H,1,4H2,2H3,(H,14,15)(H,16,17). The summed E-state index contributed by atoms with van der Waals surface area (Å²) in [5, 5.41) is 11.3. The Kier molecular flexibility index (Phi) is 4.46. The van der Waals surface area contributed by atoms with Crippen molar-refractivity contribution < 1.29 is 14.7 Å². The van der Waals surface area contributed by atoms with Crippen molar-refractivity contribution in [3.05, 3.63) is 48.0 Å². The third kappa shape index (κ3) is 3.75. The van der Waals surface area contributed by atoms with Crippen LogP contribution >= 0.6 is 0 Å². The molecule has 4 heteroatoms. The molecule has 0 aromatic heterocycles. The topological polar surface area (TPSA) is 66.4 Å². The van der Waals surface area contributed by atoms with Crippen LogP contribution in [0.25, 0.3) is 0 Å². The molecule has 1 atom stereocenters. The number of nitrogens with one attached hydrogen (secondary N) is 1. The van der Waals surface area contributed by atoms with E-state index in [1.165, 1.54) is 6.08 Å². The van der Waals surface area contributed by atoms with Gasteiger partial charge in [-0.2, -0.15) is 0 Å². The molecule has 0 fully saturated rings. The minimum absolute atomic E-state index is 0.201. The average Bonchev–Trinajstić information content (AvgIpc) is 2.29. The minimum Gasteiger partial charge on any atom is -0.480 e. The van der Waals surface area contributed by atoms with Crippen LogP contribution in [-0.4, -0.2) is 23.0 Å². The van der Waals surface area contributed by atoms with Crippen molar-refractivity contribution in [2.75, 3.05) is 0 Å². The summed E-state index contributed by atoms with van der Waals surface area (Å²) in [6, 6.07) is 6.01. The summed E-state index contributed by atoms with van der Waals surface area (Å²) in [6.45, 7) is 5.38. The Hall–Kier alpha value is -2.10. The molecule has 0 heterocycles. The van der Waals surface area contributed by atoms with E-state index in [-0.39, 0.29) is 12.3 Å². The largest absolute Gasteiger partial charge is 0.480 e. The number of aryl methyl sites for hydroxylation is 1. The first-order valence-electron chi connectivity index (χ1n) is 5.26. The number of carbonyl (C=O) groups excluding carboxylic acids is 1. The van der Waals surface area contributed by atoms with Gasteiger partial charge in [-0.15, -0.1) is 6.58 Å². The molecule has 17 heavy (non-hydrogen) atoms. The van der Waals surface area contributed by atoms with E-state index in [4.69, 9.17) is 5.11 Å². The lowest BCUT2D eigenvalue weighted by Crippen LogP contribution is -2.40. The maximum absolute atomic E-state index is 11.7. The third-order valence-corrected chi connectivity index (χ3v) is 2.32. The van der Waals surface area contributed by atoms with E-state index in [0.717, 1.165) is 5.56 Å². The van der Waals surface area contributed by atoms with Crippen LogP contribution in [0.3, 0.4) is 0 Å². The first-order chi connectivity index (χ1) is 8.04. The van der Waals surface area contributed by atoms with Crippen molar-refractivity contribution >= 4 is 11.9 Å². The van der Waals surface area contributed by atoms with E-state index in [9.17, 15) is 9.59 Å². The molecule has 1 unspecified atom stereocenters. The van der Waals surface area contributed by atoms with Crippen LogP contribution in [0, 0.1) is 6.92 Å². The van der Waals surface area contributed by atoms with Crippen molar-refractivity contribution in [2.45, 2.75) is 19.4 Å². The maximum Gasteiger partial charge on any atom is 0.326 e. The Morgan fingerprint density at radius 2 is 2.00 bits per heavy atom. The number of amides is 1. The number of hydrogen-bond donors (Lipinski definition) is 2. The SMILES string of the molecule is C=CCC(NC(=O)c1ccc(C)cc1)C(=O)O. The monoisotopic (exact) mass is 233 g/mol. The summed E-state index contributed by atoms with van der Waals surface area (Å²) < 4.78 is 0. The molecule has 0 saturated heterocycles. The van der Waals surface area contributed by atoms with Gasteiger partial charge in [0.2, 0.25) is 0 Å². The van der Waals surface area contributed by atoms with Crippen LogP contribution in [0.4, 0.5) is 0 Å². The number of carboxylic acids is 1. The molecule has 0 saturated carbocycles. The Morgan fingerprint density at radius 3 is 2.47 bits per heavy atom. The van der Waals surface area contributed by atoms with Crippen molar-refractivity contribution in [3.8, 4) is 0 Å². The zero-order valence-electron chi connectivity index (χ0n) is 9.64. The molecular formula is C13H15NO3. The molecule has 0 bridgehead atoms. The summed E-state index contributed by atoms with van der Waals surface area (Å²) in [4.78, 5) is 22.6. The van der Waals surface area contributed by atoms with Gasteiger partial charge in [-0.05, 0) is 25.5 Å². The average molecular weight is 233 g/mol. The lowest BCUT2D eigenvalue weighted by atomic mass is 10.1. The number of benzene rings is 1. The van der Waals surface area contributed by atoms with Gasteiger partial charge in [0.25, 0.3) is 5.91 Å². The first-order valence-corrected chi connectivity index (χ1v) is 5.26. The lowest BCUT2D eigenvalue weighted by molar-refractivity contribution is -0.139. The summed E-state index contributed by atoms with van der Waals surface area (Å²) in [5.74, 6) is -1.45. The molecule has 0 spiro atoms. The predicted molar refractivity (Wildman–Crippen MR) is 64.9 cm³/mol. The molecule has 2 N–H and O–H groups in total. The Morgan fingerprint density at radius 1 is 1.41 bits per heavy atom. The van der Waals surface area contributed by atoms with Crippen molar-refractivity contribution in [1.29, 1.82) is 0 Å². The number of carbonyl (C=O) groups is 2. The van der Waals surface area contributed by atoms with Gasteiger partial charge in [0.1, 0.15) is 6.04 Å². The highest BCUT2D eigenvalue weighted by Crippen LogP contribution is 2.04. The molecular weight excluding hydrogens is 218 g/mol. The molecule has 1 aromatic rings. The van der Waals surface area contributed by atoms with E-state index >= 15 is 0 Å². The maximum atomic E-state index is 11.7. The van der Waals surface area contributed by atoms with Gasteiger partial charge >= 0.3 is 5.97 Å². The van der Waals surface area contributed by atoms with Gasteiger partial charge in [0.15, 0.2) is 0 Å². The zero-order chi connectivity index (χ0) is 12.8. The number of hydrogen-bond acceptors (Lipinski definition) is 2. The fourth-order valence-corrected chi connectivity index (χ4v) is 1.33. The molecule has 0 aliphatic carbocycles. The second-order valence-electron chi connectivity index (χ2n) is 3.75. The van der Waals surface area contributed by atoms with Crippen LogP contribution in [0.1, 0.15) is 22.3 Å². The van der Waals surface area contributed by atoms with Crippen molar-refractivity contribution in [3.63, 3.8) is 0 Å². The number of carboxylic acid groups (broad SMARTS) is 1. The van der Waals surface area contributed by atoms with Gasteiger partial charge in [-0.25, -0.2) is 4.79 Å². The van der Waals surface area contributed by atoms with Crippen LogP contribution in [-0.2, 0) is 4.79 Å². The van der Waals surface area contributed by atoms with Crippen LogP contribution in [0.5, 0.6) is 0 Å². The molecule has 0 aliphatic rings. The molecule has 0 radical (unpaired) electrons. The lowest BCUT2D eigenvalue weighted by Gasteiger charge is -2.12. The second-order valence-corrected chi connectivity index (χ2v) is 3.75. The number of aliphatic carboxylic acids is 1. The van der Waals surface area contributed by atoms with Crippen LogP contribution in [0.15, 0.2) is 36.9 Å². The van der Waals surface area contributed by atoms with Gasteiger partial charge in [0.05, 0.1) is 0 Å². The van der Waals surface area contributed by atoms with Crippen molar-refractivity contribution in [1.82, 2.24) is 5.32 Å². The summed E-state index contributed by atoms with van der Waals surface area (Å²) >= 11 is 0. The molecule has 0 aliphatic heterocycles. The summed E-state index contributed by atoms with van der Waals surface area (Å²) in [7, 11) is 0. The summed E-state index contributed by atoms with van der Waals surface area (Å²) in [6.07, 6.45) is 1.67. The Bertz CT molecular complexity index is 423. The Balaban J connectivity index is 2.73. The fourth-order valence-electron chi connectivity index (χ4n) is 1.33. The van der Waals surface area contributed by atoms with Crippen molar-refractivity contribution in [2.24, 2.45) is 0 Å². The van der Waals surface area contributed by atoms with E-state index < -0.39 is 12.0 Å². The molecule has 1 amide bonds. The smallest absolute Gasteiger partial charge is 0.326 e. The molecule has 1 aromatic carbocycles. The highest BCUT2D eigenvalue weighted by Gasteiger charge is 2.18. The van der Waals surface area contributed by atoms with Crippen LogP contribution in [0.2, 0.25) is 0 Å². The number of rotatable bonds is 5. The van der Waals surface area contributed by atoms with E-state index in [2.05, 4.69) is 11.9 Å². The van der Waals surface area contributed by atoms with Gasteiger partial charge in [-0.1, -0.05) is 23.8 Å². The molecule has 1 rings (SSSR count). The molecule has 4 nitrogen and oxygen atoms in total. The molecule has 90 valence electrons.